The molecule has 0 saturated carbocycles. The Morgan fingerprint density at radius 2 is 2.03 bits per heavy atom. The second-order valence-corrected chi connectivity index (χ2v) is 7.73. The first kappa shape index (κ1) is 20.0. The zero-order chi connectivity index (χ0) is 20.2. The van der Waals surface area contributed by atoms with Crippen molar-refractivity contribution in [3.63, 3.8) is 0 Å². The molecule has 2 aromatic rings. The summed E-state index contributed by atoms with van der Waals surface area (Å²) < 4.78 is 13.4. The molecule has 4 rings (SSSR count). The summed E-state index contributed by atoms with van der Waals surface area (Å²) >= 11 is 0. The highest BCUT2D eigenvalue weighted by Gasteiger charge is 2.37. The molecule has 4 heterocycles. The molecule has 2 aliphatic rings. The number of hydrogen-bond donors (Lipinski definition) is 0. The van der Waals surface area contributed by atoms with Gasteiger partial charge in [0.1, 0.15) is 6.54 Å². The Labute approximate surface area is 171 Å². The topological polar surface area (TPSA) is 72.7 Å². The molecule has 2 aromatic heterocycles. The standard InChI is InChI=1S/C21H29N5O3/c1-16-12-17(2)26(23-16)15-20(27)25-8-11-29-19(14-24-6-9-28-10-7-24)21(25)18-4-3-5-22-13-18/h3-5,12-13,19,21H,6-11,14-15H2,1-2H3/t19-,21-/m0/s1. The van der Waals surface area contributed by atoms with Crippen LogP contribution in [-0.4, -0.2) is 82.6 Å². The lowest BCUT2D eigenvalue weighted by molar-refractivity contribution is -0.150. The maximum Gasteiger partial charge on any atom is 0.245 e. The average molecular weight is 399 g/mol. The number of aromatic nitrogens is 3. The summed E-state index contributed by atoms with van der Waals surface area (Å²) in [5.41, 5.74) is 2.92. The predicted octanol–water partition coefficient (Wildman–Crippen LogP) is 1.20. The molecule has 156 valence electrons. The van der Waals surface area contributed by atoms with Gasteiger partial charge in [0.2, 0.25) is 5.91 Å². The van der Waals surface area contributed by atoms with E-state index in [1.807, 2.05) is 43.1 Å². The summed E-state index contributed by atoms with van der Waals surface area (Å²) in [6.45, 7) is 9.29. The molecule has 2 saturated heterocycles. The summed E-state index contributed by atoms with van der Waals surface area (Å²) in [7, 11) is 0. The fourth-order valence-electron chi connectivity index (χ4n) is 4.20. The van der Waals surface area contributed by atoms with Crippen molar-refractivity contribution in [2.45, 2.75) is 32.5 Å². The number of hydrogen-bond acceptors (Lipinski definition) is 6. The third kappa shape index (κ3) is 4.66. The number of ether oxygens (including phenoxy) is 2. The molecule has 29 heavy (non-hydrogen) atoms. The van der Waals surface area contributed by atoms with Crippen molar-refractivity contribution in [2.75, 3.05) is 46.0 Å². The number of amides is 1. The van der Waals surface area contributed by atoms with Gasteiger partial charge in [-0.2, -0.15) is 5.10 Å². The Hall–Kier alpha value is -2.29. The normalized spacial score (nSPS) is 23.3. The van der Waals surface area contributed by atoms with Crippen molar-refractivity contribution in [1.29, 1.82) is 0 Å². The van der Waals surface area contributed by atoms with Crippen LogP contribution in [0.25, 0.3) is 0 Å². The molecule has 0 aromatic carbocycles. The summed E-state index contributed by atoms with van der Waals surface area (Å²) in [4.78, 5) is 21.9. The molecule has 0 aliphatic carbocycles. The Morgan fingerprint density at radius 3 is 2.72 bits per heavy atom. The zero-order valence-corrected chi connectivity index (χ0v) is 17.2. The molecule has 0 bridgehead atoms. The lowest BCUT2D eigenvalue weighted by Gasteiger charge is -2.43. The first-order chi connectivity index (χ1) is 14.1. The molecule has 0 unspecified atom stereocenters. The van der Waals surface area contributed by atoms with Gasteiger partial charge in [0.05, 0.1) is 37.7 Å². The summed E-state index contributed by atoms with van der Waals surface area (Å²) in [6, 6.07) is 5.78. The number of carbonyl (C=O) groups excluding carboxylic acids is 1. The molecule has 2 atom stereocenters. The molecule has 8 heteroatoms. The lowest BCUT2D eigenvalue weighted by atomic mass is 9.98. The van der Waals surface area contributed by atoms with E-state index in [1.54, 1.807) is 10.9 Å². The van der Waals surface area contributed by atoms with Crippen molar-refractivity contribution >= 4 is 5.91 Å². The SMILES string of the molecule is Cc1cc(C)n(CC(=O)N2CCO[C@@H](CN3CCOCC3)[C@@H]2c2cccnc2)n1. The molecule has 2 aliphatic heterocycles. The van der Waals surface area contributed by atoms with Gasteiger partial charge in [-0.15, -0.1) is 0 Å². The third-order valence-corrected chi connectivity index (χ3v) is 5.63. The molecule has 8 nitrogen and oxygen atoms in total. The van der Waals surface area contributed by atoms with E-state index in [0.717, 1.165) is 49.8 Å². The number of carbonyl (C=O) groups is 1. The van der Waals surface area contributed by atoms with Crippen molar-refractivity contribution in [3.05, 3.63) is 47.5 Å². The monoisotopic (exact) mass is 399 g/mol. The molecule has 1 amide bonds. The highest BCUT2D eigenvalue weighted by molar-refractivity contribution is 5.76. The minimum Gasteiger partial charge on any atom is -0.379 e. The molecule has 0 radical (unpaired) electrons. The van der Waals surface area contributed by atoms with Crippen molar-refractivity contribution in [3.8, 4) is 0 Å². The van der Waals surface area contributed by atoms with Crippen LogP contribution in [0.5, 0.6) is 0 Å². The quantitative estimate of drug-likeness (QED) is 0.752. The first-order valence-electron chi connectivity index (χ1n) is 10.2. The number of pyridine rings is 1. The lowest BCUT2D eigenvalue weighted by Crippen LogP contribution is -2.53. The Balaban J connectivity index is 1.56. The van der Waals surface area contributed by atoms with Gasteiger partial charge in [-0.05, 0) is 31.5 Å². The van der Waals surface area contributed by atoms with Crippen LogP contribution >= 0.6 is 0 Å². The van der Waals surface area contributed by atoms with Crippen LogP contribution in [0.2, 0.25) is 0 Å². The van der Waals surface area contributed by atoms with E-state index in [-0.39, 0.29) is 24.6 Å². The van der Waals surface area contributed by atoms with Gasteiger partial charge < -0.3 is 14.4 Å². The number of morpholine rings is 2. The minimum atomic E-state index is -0.162. The van der Waals surface area contributed by atoms with E-state index < -0.39 is 0 Å². The Bertz CT molecular complexity index is 819. The van der Waals surface area contributed by atoms with E-state index in [9.17, 15) is 4.79 Å². The van der Waals surface area contributed by atoms with Crippen LogP contribution in [0.15, 0.2) is 30.6 Å². The molecular weight excluding hydrogens is 370 g/mol. The van der Waals surface area contributed by atoms with Crippen molar-refractivity contribution < 1.29 is 14.3 Å². The molecule has 0 spiro atoms. The van der Waals surface area contributed by atoms with Gasteiger partial charge in [0.25, 0.3) is 0 Å². The van der Waals surface area contributed by atoms with Crippen LogP contribution in [-0.2, 0) is 20.8 Å². The van der Waals surface area contributed by atoms with E-state index >= 15 is 0 Å². The highest BCUT2D eigenvalue weighted by Crippen LogP contribution is 2.30. The second kappa shape index (κ2) is 9.02. The summed E-state index contributed by atoms with van der Waals surface area (Å²) in [5, 5.41) is 4.46. The van der Waals surface area contributed by atoms with Gasteiger partial charge >= 0.3 is 0 Å². The smallest absolute Gasteiger partial charge is 0.245 e. The maximum atomic E-state index is 13.3. The number of rotatable bonds is 5. The predicted molar refractivity (Wildman–Crippen MR) is 107 cm³/mol. The van der Waals surface area contributed by atoms with Gasteiger partial charge in [-0.3, -0.25) is 19.4 Å². The molecule has 0 N–H and O–H groups in total. The van der Waals surface area contributed by atoms with E-state index in [1.165, 1.54) is 0 Å². The Kier molecular flexibility index (Phi) is 6.22. The van der Waals surface area contributed by atoms with Crippen molar-refractivity contribution in [1.82, 2.24) is 24.6 Å². The van der Waals surface area contributed by atoms with Crippen LogP contribution in [0.3, 0.4) is 0 Å². The first-order valence-corrected chi connectivity index (χ1v) is 10.2. The molecule has 2 fully saturated rings. The minimum absolute atomic E-state index is 0.0559. The van der Waals surface area contributed by atoms with Crippen LogP contribution in [0.1, 0.15) is 23.0 Å². The zero-order valence-electron chi connectivity index (χ0n) is 17.2. The van der Waals surface area contributed by atoms with Crippen LogP contribution < -0.4 is 0 Å². The Morgan fingerprint density at radius 1 is 1.21 bits per heavy atom. The van der Waals surface area contributed by atoms with Crippen LogP contribution in [0.4, 0.5) is 0 Å². The van der Waals surface area contributed by atoms with Gasteiger partial charge in [0.15, 0.2) is 0 Å². The van der Waals surface area contributed by atoms with Gasteiger partial charge in [-0.1, -0.05) is 6.07 Å². The number of aryl methyl sites for hydroxylation is 2. The highest BCUT2D eigenvalue weighted by atomic mass is 16.5. The third-order valence-electron chi connectivity index (χ3n) is 5.63. The van der Waals surface area contributed by atoms with Crippen molar-refractivity contribution in [2.24, 2.45) is 0 Å². The van der Waals surface area contributed by atoms with Crippen LogP contribution in [0, 0.1) is 13.8 Å². The largest absolute Gasteiger partial charge is 0.379 e. The fraction of sp³-hybridized carbons (Fsp3) is 0.571. The van der Waals surface area contributed by atoms with Gasteiger partial charge in [0, 0.05) is 44.3 Å². The number of nitrogens with zero attached hydrogens (tertiary/aromatic N) is 5. The molecular formula is C21H29N5O3. The fourth-order valence-corrected chi connectivity index (χ4v) is 4.20. The summed E-state index contributed by atoms with van der Waals surface area (Å²) in [5.74, 6) is 0.0559. The maximum absolute atomic E-state index is 13.3. The summed E-state index contributed by atoms with van der Waals surface area (Å²) in [6.07, 6.45) is 3.50. The van der Waals surface area contributed by atoms with E-state index in [4.69, 9.17) is 9.47 Å². The average Bonchev–Trinajstić information content (AvgIpc) is 3.06. The van der Waals surface area contributed by atoms with E-state index in [2.05, 4.69) is 15.0 Å². The van der Waals surface area contributed by atoms with Gasteiger partial charge in [-0.25, -0.2) is 0 Å². The second-order valence-electron chi connectivity index (χ2n) is 7.73. The van der Waals surface area contributed by atoms with E-state index in [0.29, 0.717) is 13.2 Å².